The van der Waals surface area contributed by atoms with Crippen LogP contribution in [0.1, 0.15) is 30.5 Å². The van der Waals surface area contributed by atoms with Crippen molar-refractivity contribution in [3.8, 4) is 0 Å². The standard InChI is InChI=1S/C17H18Cl2IN/c1-2-8-21-17(13-4-3-5-15(20)9-13)10-12-6-7-14(18)11-16(12)19/h3-7,9,11,17,21H,2,8,10H2,1H3. The molecule has 0 heterocycles. The number of rotatable bonds is 6. The van der Waals surface area contributed by atoms with Crippen molar-refractivity contribution < 1.29 is 0 Å². The van der Waals surface area contributed by atoms with Gasteiger partial charge in [0.1, 0.15) is 0 Å². The van der Waals surface area contributed by atoms with Crippen molar-refractivity contribution in [1.29, 1.82) is 0 Å². The van der Waals surface area contributed by atoms with Gasteiger partial charge in [0.05, 0.1) is 0 Å². The van der Waals surface area contributed by atoms with E-state index in [1.165, 1.54) is 9.13 Å². The number of nitrogens with one attached hydrogen (secondary N) is 1. The average Bonchev–Trinajstić information content (AvgIpc) is 2.45. The molecule has 0 amide bonds. The first-order valence-electron chi connectivity index (χ1n) is 7.03. The molecule has 1 unspecified atom stereocenters. The lowest BCUT2D eigenvalue weighted by Crippen LogP contribution is -2.24. The Morgan fingerprint density at radius 1 is 1.14 bits per heavy atom. The number of hydrogen-bond acceptors (Lipinski definition) is 1. The zero-order valence-corrected chi connectivity index (χ0v) is 15.5. The summed E-state index contributed by atoms with van der Waals surface area (Å²) in [6.45, 7) is 3.16. The minimum Gasteiger partial charge on any atom is -0.310 e. The molecule has 112 valence electrons. The number of hydrogen-bond donors (Lipinski definition) is 1. The third-order valence-electron chi connectivity index (χ3n) is 3.33. The lowest BCUT2D eigenvalue weighted by atomic mass is 9.98. The van der Waals surface area contributed by atoms with Crippen molar-refractivity contribution in [3.05, 3.63) is 67.2 Å². The normalized spacial score (nSPS) is 12.4. The molecular formula is C17H18Cl2IN. The maximum atomic E-state index is 6.31. The molecule has 0 aromatic heterocycles. The molecule has 2 aromatic rings. The van der Waals surface area contributed by atoms with Gasteiger partial charge in [0.25, 0.3) is 0 Å². The van der Waals surface area contributed by atoms with E-state index in [9.17, 15) is 0 Å². The molecular weight excluding hydrogens is 416 g/mol. The second kappa shape index (κ2) is 8.37. The van der Waals surface area contributed by atoms with Crippen LogP contribution in [0.25, 0.3) is 0 Å². The fourth-order valence-electron chi connectivity index (χ4n) is 2.26. The molecule has 0 aliphatic heterocycles. The van der Waals surface area contributed by atoms with Gasteiger partial charge in [-0.05, 0) is 77.4 Å². The van der Waals surface area contributed by atoms with Gasteiger partial charge < -0.3 is 5.32 Å². The Hall–Kier alpha value is -0.290. The maximum Gasteiger partial charge on any atom is 0.0453 e. The van der Waals surface area contributed by atoms with Crippen molar-refractivity contribution in [2.75, 3.05) is 6.54 Å². The molecule has 2 aromatic carbocycles. The summed E-state index contributed by atoms with van der Waals surface area (Å²) >= 11 is 14.6. The van der Waals surface area contributed by atoms with Crippen LogP contribution in [0.4, 0.5) is 0 Å². The first-order valence-corrected chi connectivity index (χ1v) is 8.86. The molecule has 2 rings (SSSR count). The Bertz CT molecular complexity index is 601. The Morgan fingerprint density at radius 2 is 1.95 bits per heavy atom. The smallest absolute Gasteiger partial charge is 0.0453 e. The van der Waals surface area contributed by atoms with Crippen molar-refractivity contribution in [2.45, 2.75) is 25.8 Å². The van der Waals surface area contributed by atoms with E-state index >= 15 is 0 Å². The van der Waals surface area contributed by atoms with E-state index in [2.05, 4.69) is 59.1 Å². The predicted octanol–water partition coefficient (Wildman–Crippen LogP) is 5.88. The lowest BCUT2D eigenvalue weighted by Gasteiger charge is -2.20. The van der Waals surface area contributed by atoms with Crippen molar-refractivity contribution in [2.24, 2.45) is 0 Å². The first kappa shape index (κ1) is 17.1. The molecule has 0 bridgehead atoms. The van der Waals surface area contributed by atoms with Crippen molar-refractivity contribution >= 4 is 45.8 Å². The highest BCUT2D eigenvalue weighted by atomic mass is 127. The van der Waals surface area contributed by atoms with Crippen LogP contribution in [0.3, 0.4) is 0 Å². The fraction of sp³-hybridized carbons (Fsp3) is 0.294. The first-order chi connectivity index (χ1) is 10.1. The molecule has 0 aliphatic rings. The molecule has 0 fully saturated rings. The summed E-state index contributed by atoms with van der Waals surface area (Å²) in [7, 11) is 0. The van der Waals surface area contributed by atoms with Crippen LogP contribution in [0.15, 0.2) is 42.5 Å². The second-order valence-electron chi connectivity index (χ2n) is 5.00. The fourth-order valence-corrected chi connectivity index (χ4v) is 3.31. The van der Waals surface area contributed by atoms with E-state index in [-0.39, 0.29) is 6.04 Å². The van der Waals surface area contributed by atoms with E-state index < -0.39 is 0 Å². The number of benzene rings is 2. The van der Waals surface area contributed by atoms with Gasteiger partial charge in [-0.25, -0.2) is 0 Å². The van der Waals surface area contributed by atoms with Crippen LogP contribution in [0.5, 0.6) is 0 Å². The van der Waals surface area contributed by atoms with E-state index in [0.29, 0.717) is 5.02 Å². The zero-order valence-electron chi connectivity index (χ0n) is 11.9. The Kier molecular flexibility index (Phi) is 6.80. The van der Waals surface area contributed by atoms with Gasteiger partial charge >= 0.3 is 0 Å². The predicted molar refractivity (Wildman–Crippen MR) is 100 cm³/mol. The van der Waals surface area contributed by atoms with Crippen LogP contribution in [0, 0.1) is 3.57 Å². The highest BCUT2D eigenvalue weighted by molar-refractivity contribution is 14.1. The molecule has 0 aliphatic carbocycles. The molecule has 1 nitrogen and oxygen atoms in total. The molecule has 0 radical (unpaired) electrons. The summed E-state index contributed by atoms with van der Waals surface area (Å²) in [5, 5.41) is 5.02. The third kappa shape index (κ3) is 5.13. The maximum absolute atomic E-state index is 6.31. The van der Waals surface area contributed by atoms with Crippen LogP contribution in [-0.2, 0) is 6.42 Å². The minimum absolute atomic E-state index is 0.262. The van der Waals surface area contributed by atoms with Gasteiger partial charge in [-0.15, -0.1) is 0 Å². The zero-order chi connectivity index (χ0) is 15.2. The Balaban J connectivity index is 2.23. The summed E-state index contributed by atoms with van der Waals surface area (Å²) < 4.78 is 1.25. The third-order valence-corrected chi connectivity index (χ3v) is 4.59. The highest BCUT2D eigenvalue weighted by Crippen LogP contribution is 2.27. The van der Waals surface area contributed by atoms with E-state index in [0.717, 1.165) is 30.0 Å². The van der Waals surface area contributed by atoms with Crippen LogP contribution < -0.4 is 5.32 Å². The summed E-state index contributed by atoms with van der Waals surface area (Å²) in [6.07, 6.45) is 1.96. The van der Waals surface area contributed by atoms with Gasteiger partial charge in [0, 0.05) is 19.7 Å². The van der Waals surface area contributed by atoms with Crippen LogP contribution in [-0.4, -0.2) is 6.54 Å². The molecule has 0 spiro atoms. The quantitative estimate of drug-likeness (QED) is 0.560. The van der Waals surface area contributed by atoms with E-state index in [1.807, 2.05) is 18.2 Å². The Morgan fingerprint density at radius 3 is 2.62 bits per heavy atom. The SMILES string of the molecule is CCCNC(Cc1ccc(Cl)cc1Cl)c1cccc(I)c1. The summed E-state index contributed by atoms with van der Waals surface area (Å²) in [6, 6.07) is 14.6. The minimum atomic E-state index is 0.262. The number of halogens is 3. The van der Waals surface area contributed by atoms with Crippen LogP contribution >= 0.6 is 45.8 Å². The average molecular weight is 434 g/mol. The lowest BCUT2D eigenvalue weighted by molar-refractivity contribution is 0.529. The van der Waals surface area contributed by atoms with Crippen molar-refractivity contribution in [1.82, 2.24) is 5.32 Å². The molecule has 4 heteroatoms. The molecule has 0 saturated carbocycles. The van der Waals surface area contributed by atoms with Gasteiger partial charge in [-0.2, -0.15) is 0 Å². The summed E-state index contributed by atoms with van der Waals surface area (Å²) in [4.78, 5) is 0. The van der Waals surface area contributed by atoms with E-state index in [4.69, 9.17) is 23.2 Å². The molecule has 0 saturated heterocycles. The Labute approximate surface area is 150 Å². The molecule has 1 atom stereocenters. The van der Waals surface area contributed by atoms with Gasteiger partial charge in [0.2, 0.25) is 0 Å². The molecule has 21 heavy (non-hydrogen) atoms. The second-order valence-corrected chi connectivity index (χ2v) is 7.09. The summed E-state index contributed by atoms with van der Waals surface area (Å²) in [5.74, 6) is 0. The van der Waals surface area contributed by atoms with Gasteiger partial charge in [-0.1, -0.05) is 48.3 Å². The largest absolute Gasteiger partial charge is 0.310 e. The summed E-state index contributed by atoms with van der Waals surface area (Å²) in [5.41, 5.74) is 2.41. The van der Waals surface area contributed by atoms with Gasteiger partial charge in [-0.3, -0.25) is 0 Å². The van der Waals surface area contributed by atoms with E-state index in [1.54, 1.807) is 0 Å². The van der Waals surface area contributed by atoms with Gasteiger partial charge in [0.15, 0.2) is 0 Å². The van der Waals surface area contributed by atoms with Crippen molar-refractivity contribution in [3.63, 3.8) is 0 Å². The topological polar surface area (TPSA) is 12.0 Å². The van der Waals surface area contributed by atoms with Crippen LogP contribution in [0.2, 0.25) is 10.0 Å². The monoisotopic (exact) mass is 433 g/mol. The highest BCUT2D eigenvalue weighted by Gasteiger charge is 2.14. The molecule has 1 N–H and O–H groups in total.